The Kier molecular flexibility index (Phi) is 4.56. The smallest absolute Gasteiger partial charge is 0.333 e. The number of hydrogen-bond acceptors (Lipinski definition) is 2. The molecular formula is C12H13BrO2. The fourth-order valence-corrected chi connectivity index (χ4v) is 1.46. The van der Waals surface area contributed by atoms with Crippen LogP contribution in [0.25, 0.3) is 6.08 Å². The molecule has 15 heavy (non-hydrogen) atoms. The van der Waals surface area contributed by atoms with Crippen molar-refractivity contribution < 1.29 is 9.53 Å². The lowest BCUT2D eigenvalue weighted by molar-refractivity contribution is -0.136. The van der Waals surface area contributed by atoms with E-state index in [9.17, 15) is 4.79 Å². The number of rotatable bonds is 3. The minimum Gasteiger partial charge on any atom is -0.466 e. The molecule has 0 amide bonds. The van der Waals surface area contributed by atoms with Crippen LogP contribution in [0, 0.1) is 0 Å². The van der Waals surface area contributed by atoms with Crippen LogP contribution >= 0.6 is 15.9 Å². The normalized spacial score (nSPS) is 11.3. The molecule has 0 atom stereocenters. The highest BCUT2D eigenvalue weighted by atomic mass is 79.9. The van der Waals surface area contributed by atoms with Crippen molar-refractivity contribution in [2.24, 2.45) is 0 Å². The molecule has 0 fully saturated rings. The van der Waals surface area contributed by atoms with Crippen molar-refractivity contribution in [3.63, 3.8) is 0 Å². The van der Waals surface area contributed by atoms with Gasteiger partial charge in [-0.2, -0.15) is 0 Å². The largest absolute Gasteiger partial charge is 0.466 e. The van der Waals surface area contributed by atoms with E-state index in [1.165, 1.54) is 7.11 Å². The molecule has 0 aliphatic rings. The van der Waals surface area contributed by atoms with Crippen LogP contribution in [0.15, 0.2) is 34.3 Å². The summed E-state index contributed by atoms with van der Waals surface area (Å²) >= 11 is 3.36. The van der Waals surface area contributed by atoms with Crippen LogP contribution in [0.2, 0.25) is 0 Å². The summed E-state index contributed by atoms with van der Waals surface area (Å²) in [7, 11) is 1.40. The molecule has 0 saturated carbocycles. The van der Waals surface area contributed by atoms with Gasteiger partial charge in [-0.25, -0.2) is 4.79 Å². The first-order chi connectivity index (χ1) is 7.17. The molecule has 0 spiro atoms. The molecule has 1 aromatic carbocycles. The monoisotopic (exact) mass is 268 g/mol. The van der Waals surface area contributed by atoms with E-state index in [4.69, 9.17) is 0 Å². The van der Waals surface area contributed by atoms with E-state index in [0.717, 1.165) is 10.0 Å². The summed E-state index contributed by atoms with van der Waals surface area (Å²) in [6.07, 6.45) is 2.51. The minimum atomic E-state index is -0.264. The first-order valence-corrected chi connectivity index (χ1v) is 5.51. The molecule has 0 aliphatic carbocycles. The van der Waals surface area contributed by atoms with Gasteiger partial charge in [0.15, 0.2) is 0 Å². The van der Waals surface area contributed by atoms with Gasteiger partial charge in [-0.1, -0.05) is 35.0 Å². The second-order valence-electron chi connectivity index (χ2n) is 3.07. The molecule has 0 saturated heterocycles. The van der Waals surface area contributed by atoms with E-state index in [1.807, 2.05) is 37.3 Å². The molecule has 0 aliphatic heterocycles. The van der Waals surface area contributed by atoms with Crippen molar-refractivity contribution in [1.82, 2.24) is 0 Å². The third kappa shape index (κ3) is 3.51. The third-order valence-corrected chi connectivity index (χ3v) is 2.57. The summed E-state index contributed by atoms with van der Waals surface area (Å²) in [6, 6.07) is 7.78. The maximum absolute atomic E-state index is 11.3. The highest BCUT2D eigenvalue weighted by molar-refractivity contribution is 9.10. The summed E-state index contributed by atoms with van der Waals surface area (Å²) in [5.74, 6) is -0.264. The Bertz CT molecular complexity index is 366. The Labute approximate surface area is 98.1 Å². The lowest BCUT2D eigenvalue weighted by atomic mass is 10.1. The zero-order chi connectivity index (χ0) is 11.3. The minimum absolute atomic E-state index is 0.264. The van der Waals surface area contributed by atoms with Gasteiger partial charge in [-0.05, 0) is 30.2 Å². The number of esters is 1. The van der Waals surface area contributed by atoms with E-state index >= 15 is 0 Å². The Morgan fingerprint density at radius 1 is 1.40 bits per heavy atom. The molecule has 1 rings (SSSR count). The number of methoxy groups -OCH3 is 1. The highest BCUT2D eigenvalue weighted by Crippen LogP contribution is 2.15. The second kappa shape index (κ2) is 5.71. The second-order valence-corrected chi connectivity index (χ2v) is 3.98. The zero-order valence-corrected chi connectivity index (χ0v) is 10.4. The van der Waals surface area contributed by atoms with Gasteiger partial charge in [0.05, 0.1) is 7.11 Å². The molecule has 1 aromatic rings. The Morgan fingerprint density at radius 3 is 2.47 bits per heavy atom. The zero-order valence-electron chi connectivity index (χ0n) is 8.79. The summed E-state index contributed by atoms with van der Waals surface area (Å²) in [5.41, 5.74) is 1.68. The molecule has 2 nitrogen and oxygen atoms in total. The molecule has 0 aromatic heterocycles. The average molecular weight is 269 g/mol. The quantitative estimate of drug-likeness (QED) is 0.620. The summed E-state index contributed by atoms with van der Waals surface area (Å²) in [4.78, 5) is 11.3. The molecule has 80 valence electrons. The Hall–Kier alpha value is -1.09. The molecule has 0 N–H and O–H groups in total. The van der Waals surface area contributed by atoms with Crippen molar-refractivity contribution in [3.8, 4) is 0 Å². The first kappa shape index (κ1) is 12.0. The molecule has 0 bridgehead atoms. The van der Waals surface area contributed by atoms with Crippen LogP contribution < -0.4 is 0 Å². The van der Waals surface area contributed by atoms with Crippen molar-refractivity contribution in [2.45, 2.75) is 13.3 Å². The van der Waals surface area contributed by atoms with Gasteiger partial charge >= 0.3 is 5.97 Å². The molecule has 3 heteroatoms. The predicted octanol–water partition coefficient (Wildman–Crippen LogP) is 3.42. The van der Waals surface area contributed by atoms with Crippen LogP contribution in [-0.2, 0) is 9.53 Å². The SMILES string of the molecule is CCC(=Cc1ccc(Br)cc1)C(=O)OC. The van der Waals surface area contributed by atoms with Crippen molar-refractivity contribution in [2.75, 3.05) is 7.11 Å². The number of carbonyl (C=O) groups excluding carboxylic acids is 1. The van der Waals surface area contributed by atoms with Gasteiger partial charge in [-0.15, -0.1) is 0 Å². The van der Waals surface area contributed by atoms with Crippen molar-refractivity contribution in [1.29, 1.82) is 0 Å². The Morgan fingerprint density at radius 2 is 2.00 bits per heavy atom. The van der Waals surface area contributed by atoms with E-state index in [-0.39, 0.29) is 5.97 Å². The standard InChI is InChI=1S/C12H13BrO2/c1-3-10(12(14)15-2)8-9-4-6-11(13)7-5-9/h4-8H,3H2,1-2H3. The molecular weight excluding hydrogens is 256 g/mol. The van der Waals surface area contributed by atoms with Gasteiger partial charge in [0.2, 0.25) is 0 Å². The van der Waals surface area contributed by atoms with Gasteiger partial charge < -0.3 is 4.74 Å². The summed E-state index contributed by atoms with van der Waals surface area (Å²) < 4.78 is 5.71. The fourth-order valence-electron chi connectivity index (χ4n) is 1.20. The summed E-state index contributed by atoms with van der Waals surface area (Å²) in [6.45, 7) is 1.93. The number of carbonyl (C=O) groups is 1. The van der Waals surface area contributed by atoms with Gasteiger partial charge in [0, 0.05) is 10.0 Å². The predicted molar refractivity (Wildman–Crippen MR) is 64.4 cm³/mol. The topological polar surface area (TPSA) is 26.3 Å². The highest BCUT2D eigenvalue weighted by Gasteiger charge is 2.06. The number of halogens is 1. The number of benzene rings is 1. The fraction of sp³-hybridized carbons (Fsp3) is 0.250. The molecule has 0 heterocycles. The van der Waals surface area contributed by atoms with Crippen molar-refractivity contribution in [3.05, 3.63) is 39.9 Å². The first-order valence-electron chi connectivity index (χ1n) is 4.71. The van der Waals surface area contributed by atoms with Crippen LogP contribution in [0.3, 0.4) is 0 Å². The summed E-state index contributed by atoms with van der Waals surface area (Å²) in [5, 5.41) is 0. The van der Waals surface area contributed by atoms with Crippen LogP contribution in [0.4, 0.5) is 0 Å². The van der Waals surface area contributed by atoms with E-state index in [0.29, 0.717) is 12.0 Å². The maximum Gasteiger partial charge on any atom is 0.333 e. The molecule has 0 unspecified atom stereocenters. The van der Waals surface area contributed by atoms with Crippen LogP contribution in [0.1, 0.15) is 18.9 Å². The lowest BCUT2D eigenvalue weighted by Gasteiger charge is -2.02. The van der Waals surface area contributed by atoms with Crippen LogP contribution in [0.5, 0.6) is 0 Å². The van der Waals surface area contributed by atoms with Crippen LogP contribution in [-0.4, -0.2) is 13.1 Å². The van der Waals surface area contributed by atoms with Crippen molar-refractivity contribution >= 4 is 28.0 Å². The molecule has 0 radical (unpaired) electrons. The Balaban J connectivity index is 2.93. The maximum atomic E-state index is 11.3. The van der Waals surface area contributed by atoms with E-state index < -0.39 is 0 Å². The van der Waals surface area contributed by atoms with E-state index in [2.05, 4.69) is 20.7 Å². The van der Waals surface area contributed by atoms with Gasteiger partial charge in [-0.3, -0.25) is 0 Å². The third-order valence-electron chi connectivity index (χ3n) is 2.04. The number of hydrogen-bond donors (Lipinski definition) is 0. The number of ether oxygens (including phenoxy) is 1. The van der Waals surface area contributed by atoms with Gasteiger partial charge in [0.1, 0.15) is 0 Å². The lowest BCUT2D eigenvalue weighted by Crippen LogP contribution is -2.03. The van der Waals surface area contributed by atoms with Gasteiger partial charge in [0.25, 0.3) is 0 Å². The van der Waals surface area contributed by atoms with E-state index in [1.54, 1.807) is 0 Å². The average Bonchev–Trinajstić information content (AvgIpc) is 2.27.